The second-order valence-corrected chi connectivity index (χ2v) is 11.4. The molecule has 0 spiro atoms. The van der Waals surface area contributed by atoms with Crippen LogP contribution in [-0.2, 0) is 14.8 Å². The quantitative estimate of drug-likeness (QED) is 0.248. The number of likely N-dealkylation sites (N-methyl/N-ethyl adjacent to an activating group) is 1. The molecule has 0 aliphatic rings. The fourth-order valence-electron chi connectivity index (χ4n) is 3.84. The molecular formula is C25H24Cl2FN5O3S2. The molecule has 0 unspecified atom stereocenters. The van der Waals surface area contributed by atoms with Crippen molar-refractivity contribution in [1.82, 2.24) is 24.5 Å². The minimum Gasteiger partial charge on any atom is -0.383 e. The minimum absolute atomic E-state index is 0. The van der Waals surface area contributed by atoms with Gasteiger partial charge in [-0.2, -0.15) is 9.40 Å². The third-order valence-corrected chi connectivity index (χ3v) is 9.22. The SMILES string of the molecule is COCCN(C)S(=O)(=O)c1ccc(-c2ncnc3ccc(-c4cn[nH]c4-c4ccc(F)cc4)cc23)s1.Cl.Cl. The summed E-state index contributed by atoms with van der Waals surface area (Å²) in [5.74, 6) is -0.311. The standard InChI is InChI=1S/C25H22FN5O3S2.2ClH/c1-31(11-12-34-2)36(32,33)23-10-9-22(35-23)25-19-13-17(5-8-21(19)27-15-28-25)20-14-29-30-24(20)16-3-6-18(26)7-4-16;;/h3-10,13-15H,11-12H2,1-2H3,(H,29,30);2*1H. The number of nitrogens with one attached hydrogen (secondary N) is 1. The van der Waals surface area contributed by atoms with E-state index >= 15 is 0 Å². The molecule has 200 valence electrons. The molecule has 0 atom stereocenters. The van der Waals surface area contributed by atoms with Gasteiger partial charge < -0.3 is 4.74 Å². The van der Waals surface area contributed by atoms with Crippen LogP contribution in [0.15, 0.2) is 71.3 Å². The Morgan fingerprint density at radius 3 is 2.50 bits per heavy atom. The van der Waals surface area contributed by atoms with E-state index < -0.39 is 10.0 Å². The Balaban J connectivity index is 0.00000200. The van der Waals surface area contributed by atoms with E-state index in [1.807, 2.05) is 18.2 Å². The maximum atomic E-state index is 13.4. The average Bonchev–Trinajstić information content (AvgIpc) is 3.58. The van der Waals surface area contributed by atoms with E-state index in [0.717, 1.165) is 44.6 Å². The highest BCUT2D eigenvalue weighted by atomic mass is 35.5. The Morgan fingerprint density at radius 2 is 1.76 bits per heavy atom. The van der Waals surface area contributed by atoms with Crippen molar-refractivity contribution < 1.29 is 17.5 Å². The number of nitrogens with zero attached hydrogens (tertiary/aromatic N) is 4. The molecule has 38 heavy (non-hydrogen) atoms. The highest BCUT2D eigenvalue weighted by Gasteiger charge is 2.23. The van der Waals surface area contributed by atoms with Gasteiger partial charge in [0.05, 0.1) is 34.6 Å². The largest absolute Gasteiger partial charge is 0.383 e. The summed E-state index contributed by atoms with van der Waals surface area (Å²) in [4.78, 5) is 9.58. The Labute approximate surface area is 235 Å². The first kappa shape index (κ1) is 29.6. The first-order chi connectivity index (χ1) is 17.4. The van der Waals surface area contributed by atoms with Crippen molar-refractivity contribution in [1.29, 1.82) is 0 Å². The third-order valence-electron chi connectivity index (χ3n) is 5.81. The lowest BCUT2D eigenvalue weighted by molar-refractivity contribution is 0.185. The molecule has 0 saturated heterocycles. The second-order valence-electron chi connectivity index (χ2n) is 8.06. The van der Waals surface area contributed by atoms with Crippen molar-refractivity contribution in [3.63, 3.8) is 0 Å². The van der Waals surface area contributed by atoms with Crippen molar-refractivity contribution in [2.45, 2.75) is 4.21 Å². The average molecular weight is 597 g/mol. The topological polar surface area (TPSA) is 101 Å². The van der Waals surface area contributed by atoms with Crippen LogP contribution in [0.3, 0.4) is 0 Å². The predicted octanol–water partition coefficient (Wildman–Crippen LogP) is 5.67. The molecular weight excluding hydrogens is 572 g/mol. The fourth-order valence-corrected chi connectivity index (χ4v) is 6.52. The number of aromatic amines is 1. The smallest absolute Gasteiger partial charge is 0.252 e. The molecule has 13 heteroatoms. The van der Waals surface area contributed by atoms with E-state index in [9.17, 15) is 12.8 Å². The van der Waals surface area contributed by atoms with Gasteiger partial charge in [0.25, 0.3) is 10.0 Å². The van der Waals surface area contributed by atoms with Gasteiger partial charge in [-0.3, -0.25) is 5.10 Å². The molecule has 0 fully saturated rings. The van der Waals surface area contributed by atoms with Crippen LogP contribution in [0.4, 0.5) is 4.39 Å². The molecule has 5 aromatic rings. The van der Waals surface area contributed by atoms with E-state index in [0.29, 0.717) is 17.2 Å². The zero-order valence-electron chi connectivity index (χ0n) is 20.3. The number of aromatic nitrogens is 4. The van der Waals surface area contributed by atoms with Gasteiger partial charge in [0.1, 0.15) is 16.4 Å². The summed E-state index contributed by atoms with van der Waals surface area (Å²) in [6, 6.07) is 15.3. The van der Waals surface area contributed by atoms with Crippen LogP contribution >= 0.6 is 36.2 Å². The van der Waals surface area contributed by atoms with Crippen LogP contribution in [0, 0.1) is 5.82 Å². The number of halogens is 3. The molecule has 5 rings (SSSR count). The highest BCUT2D eigenvalue weighted by Crippen LogP contribution is 2.37. The number of thiophene rings is 1. The lowest BCUT2D eigenvalue weighted by atomic mass is 9.99. The Kier molecular flexibility index (Phi) is 9.58. The van der Waals surface area contributed by atoms with Crippen LogP contribution in [0.2, 0.25) is 0 Å². The number of ether oxygens (including phenoxy) is 1. The minimum atomic E-state index is -3.65. The van der Waals surface area contributed by atoms with Gasteiger partial charge in [-0.05, 0) is 54.1 Å². The summed E-state index contributed by atoms with van der Waals surface area (Å²) in [5.41, 5.74) is 4.64. The predicted molar refractivity (Wildman–Crippen MR) is 152 cm³/mol. The van der Waals surface area contributed by atoms with E-state index in [1.165, 1.54) is 36.9 Å². The monoisotopic (exact) mass is 595 g/mol. The van der Waals surface area contributed by atoms with Crippen molar-refractivity contribution in [3.8, 4) is 33.0 Å². The molecule has 0 radical (unpaired) electrons. The van der Waals surface area contributed by atoms with Gasteiger partial charge in [-0.25, -0.2) is 22.8 Å². The van der Waals surface area contributed by atoms with Crippen molar-refractivity contribution in [3.05, 3.63) is 72.9 Å². The van der Waals surface area contributed by atoms with E-state index in [1.54, 1.807) is 30.5 Å². The van der Waals surface area contributed by atoms with Crippen LogP contribution in [0.1, 0.15) is 0 Å². The summed E-state index contributed by atoms with van der Waals surface area (Å²) in [6.45, 7) is 0.564. The number of hydrogen-bond acceptors (Lipinski definition) is 7. The molecule has 3 aromatic heterocycles. The van der Waals surface area contributed by atoms with Crippen molar-refractivity contribution in [2.24, 2.45) is 0 Å². The molecule has 0 amide bonds. The van der Waals surface area contributed by atoms with Gasteiger partial charge in [0, 0.05) is 37.2 Å². The molecule has 2 aromatic carbocycles. The molecule has 0 aliphatic carbocycles. The highest BCUT2D eigenvalue weighted by molar-refractivity contribution is 7.91. The lowest BCUT2D eigenvalue weighted by Gasteiger charge is -2.15. The molecule has 3 heterocycles. The van der Waals surface area contributed by atoms with Gasteiger partial charge in [-0.15, -0.1) is 36.2 Å². The molecule has 0 bridgehead atoms. The van der Waals surface area contributed by atoms with Crippen LogP contribution < -0.4 is 0 Å². The number of hydrogen-bond donors (Lipinski definition) is 1. The number of benzene rings is 2. The normalized spacial score (nSPS) is 11.4. The first-order valence-electron chi connectivity index (χ1n) is 11.0. The van der Waals surface area contributed by atoms with E-state index in [2.05, 4.69) is 20.2 Å². The maximum absolute atomic E-state index is 13.4. The van der Waals surface area contributed by atoms with Crippen molar-refractivity contribution in [2.75, 3.05) is 27.3 Å². The van der Waals surface area contributed by atoms with Gasteiger partial charge in [-0.1, -0.05) is 6.07 Å². The number of sulfonamides is 1. The maximum Gasteiger partial charge on any atom is 0.252 e. The number of H-pyrrole nitrogens is 1. The lowest BCUT2D eigenvalue weighted by Crippen LogP contribution is -2.29. The van der Waals surface area contributed by atoms with E-state index in [4.69, 9.17) is 4.74 Å². The third kappa shape index (κ3) is 5.73. The van der Waals surface area contributed by atoms with E-state index in [-0.39, 0.29) is 41.4 Å². The second kappa shape index (κ2) is 12.3. The van der Waals surface area contributed by atoms with Gasteiger partial charge in [0.15, 0.2) is 0 Å². The first-order valence-corrected chi connectivity index (χ1v) is 13.2. The molecule has 0 aliphatic heterocycles. The summed E-state index contributed by atoms with van der Waals surface area (Å²) >= 11 is 1.16. The molecule has 0 saturated carbocycles. The fraction of sp³-hybridized carbons (Fsp3) is 0.160. The van der Waals surface area contributed by atoms with Gasteiger partial charge in [0.2, 0.25) is 0 Å². The zero-order valence-corrected chi connectivity index (χ0v) is 23.6. The summed E-state index contributed by atoms with van der Waals surface area (Å²) in [6.07, 6.45) is 3.19. The van der Waals surface area contributed by atoms with Gasteiger partial charge >= 0.3 is 0 Å². The number of rotatable bonds is 8. The Bertz CT molecular complexity index is 1640. The number of fused-ring (bicyclic) bond motifs is 1. The molecule has 8 nitrogen and oxygen atoms in total. The van der Waals surface area contributed by atoms with Crippen LogP contribution in [0.25, 0.3) is 43.9 Å². The summed E-state index contributed by atoms with van der Waals surface area (Å²) in [7, 11) is -0.582. The Morgan fingerprint density at radius 1 is 1.03 bits per heavy atom. The number of methoxy groups -OCH3 is 1. The van der Waals surface area contributed by atoms with Crippen LogP contribution in [0.5, 0.6) is 0 Å². The molecule has 1 N–H and O–H groups in total. The van der Waals surface area contributed by atoms with Crippen molar-refractivity contribution >= 4 is 57.1 Å². The van der Waals surface area contributed by atoms with Crippen LogP contribution in [-0.4, -0.2) is 60.2 Å². The Hall–Kier alpha value is -2.93. The summed E-state index contributed by atoms with van der Waals surface area (Å²) in [5, 5.41) is 7.97. The zero-order chi connectivity index (χ0) is 25.3. The summed E-state index contributed by atoms with van der Waals surface area (Å²) < 4.78 is 45.9.